The molecule has 3 heteroatoms. The van der Waals surface area contributed by atoms with E-state index < -0.39 is 0 Å². The third kappa shape index (κ3) is 2.88. The summed E-state index contributed by atoms with van der Waals surface area (Å²) < 4.78 is 0. The van der Waals surface area contributed by atoms with E-state index >= 15 is 0 Å². The van der Waals surface area contributed by atoms with Gasteiger partial charge < -0.3 is 10.2 Å². The molecule has 1 rings (SSSR count). The molecular formula is C12H16NiO2. The van der Waals surface area contributed by atoms with Crippen LogP contribution in [0.3, 0.4) is 0 Å². The second-order valence-electron chi connectivity index (χ2n) is 3.57. The van der Waals surface area contributed by atoms with Gasteiger partial charge in [0, 0.05) is 0 Å². The SMILES string of the molecule is CCCc1c(CC)cc([O-])c([O-])c1C.[Ni+2]. The average Bonchev–Trinajstić information content (AvgIpc) is 2.19. The molecule has 0 heterocycles. The first-order valence-corrected chi connectivity index (χ1v) is 5.11. The first-order chi connectivity index (χ1) is 6.61. The third-order valence-corrected chi connectivity index (χ3v) is 2.59. The Morgan fingerprint density at radius 3 is 2.27 bits per heavy atom. The molecule has 0 aliphatic rings. The van der Waals surface area contributed by atoms with Gasteiger partial charge in [-0.2, -0.15) is 0 Å². The molecule has 0 aromatic heterocycles. The first kappa shape index (κ1) is 14.3. The van der Waals surface area contributed by atoms with E-state index in [0.29, 0.717) is 5.56 Å². The molecule has 2 nitrogen and oxygen atoms in total. The van der Waals surface area contributed by atoms with Gasteiger partial charge in [0.2, 0.25) is 0 Å². The van der Waals surface area contributed by atoms with E-state index in [0.717, 1.165) is 30.4 Å². The van der Waals surface area contributed by atoms with Crippen molar-refractivity contribution in [2.45, 2.75) is 40.0 Å². The minimum Gasteiger partial charge on any atom is -0.873 e. The number of hydrogen-bond donors (Lipinski definition) is 0. The third-order valence-electron chi connectivity index (χ3n) is 2.59. The zero-order valence-corrected chi connectivity index (χ0v) is 10.3. The Morgan fingerprint density at radius 2 is 1.80 bits per heavy atom. The Balaban J connectivity index is 0.00000196. The van der Waals surface area contributed by atoms with Crippen molar-refractivity contribution in [3.05, 3.63) is 22.8 Å². The molecule has 0 saturated carbocycles. The van der Waals surface area contributed by atoms with Gasteiger partial charge in [-0.15, -0.1) is 11.5 Å². The predicted octanol–water partition coefficient (Wildman–Crippen LogP) is 1.65. The van der Waals surface area contributed by atoms with Crippen molar-refractivity contribution < 1.29 is 26.7 Å². The molecule has 0 atom stereocenters. The van der Waals surface area contributed by atoms with Crippen LogP contribution in [-0.2, 0) is 29.3 Å². The van der Waals surface area contributed by atoms with Gasteiger partial charge in [0.05, 0.1) is 0 Å². The smallest absolute Gasteiger partial charge is 0.873 e. The van der Waals surface area contributed by atoms with Crippen LogP contribution in [0.15, 0.2) is 6.07 Å². The van der Waals surface area contributed by atoms with Gasteiger partial charge in [0.15, 0.2) is 0 Å². The van der Waals surface area contributed by atoms with E-state index in [1.165, 1.54) is 6.07 Å². The predicted molar refractivity (Wildman–Crippen MR) is 53.4 cm³/mol. The number of rotatable bonds is 3. The minimum atomic E-state index is -0.362. The quantitative estimate of drug-likeness (QED) is 0.766. The molecule has 0 saturated heterocycles. The van der Waals surface area contributed by atoms with Crippen LogP contribution in [0.25, 0.3) is 0 Å². The van der Waals surface area contributed by atoms with Crippen LogP contribution in [0.4, 0.5) is 0 Å². The molecular weight excluding hydrogens is 235 g/mol. The van der Waals surface area contributed by atoms with Crippen LogP contribution in [0.1, 0.15) is 37.0 Å². The monoisotopic (exact) mass is 250 g/mol. The summed E-state index contributed by atoms with van der Waals surface area (Å²) in [5.74, 6) is -0.690. The largest absolute Gasteiger partial charge is 2.00 e. The summed E-state index contributed by atoms with van der Waals surface area (Å²) >= 11 is 0. The zero-order valence-electron chi connectivity index (χ0n) is 9.33. The molecule has 0 N–H and O–H groups in total. The Morgan fingerprint density at radius 1 is 1.20 bits per heavy atom. The van der Waals surface area contributed by atoms with Crippen LogP contribution in [0, 0.1) is 6.92 Å². The molecule has 0 spiro atoms. The fraction of sp³-hybridized carbons (Fsp3) is 0.500. The summed E-state index contributed by atoms with van der Waals surface area (Å²) in [6.45, 7) is 5.85. The fourth-order valence-corrected chi connectivity index (χ4v) is 1.79. The summed E-state index contributed by atoms with van der Waals surface area (Å²) in [5.41, 5.74) is 2.77. The Hall–Kier alpha value is -0.686. The number of hydrogen-bond acceptors (Lipinski definition) is 2. The molecule has 0 radical (unpaired) electrons. The van der Waals surface area contributed by atoms with Gasteiger partial charge in [-0.25, -0.2) is 0 Å². The molecule has 1 aromatic carbocycles. The van der Waals surface area contributed by atoms with Crippen molar-refractivity contribution in [3.8, 4) is 11.5 Å². The van der Waals surface area contributed by atoms with E-state index in [4.69, 9.17) is 0 Å². The van der Waals surface area contributed by atoms with Crippen molar-refractivity contribution in [1.82, 2.24) is 0 Å². The van der Waals surface area contributed by atoms with Crippen LogP contribution in [0.2, 0.25) is 0 Å². The first-order valence-electron chi connectivity index (χ1n) is 5.11. The van der Waals surface area contributed by atoms with Crippen molar-refractivity contribution in [3.63, 3.8) is 0 Å². The Bertz CT molecular complexity index is 335. The van der Waals surface area contributed by atoms with Gasteiger partial charge >= 0.3 is 16.5 Å². The Labute approximate surface area is 101 Å². The normalized spacial score (nSPS) is 9.80. The molecule has 15 heavy (non-hydrogen) atoms. The maximum Gasteiger partial charge on any atom is 2.00 e. The Kier molecular flexibility index (Phi) is 5.74. The van der Waals surface area contributed by atoms with Crippen LogP contribution in [-0.4, -0.2) is 0 Å². The molecule has 0 bridgehead atoms. The molecule has 86 valence electrons. The van der Waals surface area contributed by atoms with Crippen LogP contribution >= 0.6 is 0 Å². The molecule has 0 fully saturated rings. The van der Waals surface area contributed by atoms with Crippen molar-refractivity contribution >= 4 is 0 Å². The second-order valence-corrected chi connectivity index (χ2v) is 3.57. The van der Waals surface area contributed by atoms with E-state index in [2.05, 4.69) is 6.92 Å². The topological polar surface area (TPSA) is 46.1 Å². The van der Waals surface area contributed by atoms with E-state index in [9.17, 15) is 10.2 Å². The van der Waals surface area contributed by atoms with E-state index in [1.807, 2.05) is 6.92 Å². The zero-order chi connectivity index (χ0) is 10.7. The van der Waals surface area contributed by atoms with Crippen molar-refractivity contribution in [1.29, 1.82) is 0 Å². The van der Waals surface area contributed by atoms with Gasteiger partial charge in [-0.05, 0) is 30.9 Å². The van der Waals surface area contributed by atoms with Gasteiger partial charge in [-0.3, -0.25) is 0 Å². The summed E-state index contributed by atoms with van der Waals surface area (Å²) in [5, 5.41) is 22.7. The average molecular weight is 251 g/mol. The summed E-state index contributed by atoms with van der Waals surface area (Å²) in [7, 11) is 0. The molecule has 1 aromatic rings. The maximum atomic E-state index is 11.4. The van der Waals surface area contributed by atoms with Crippen molar-refractivity contribution in [2.24, 2.45) is 0 Å². The van der Waals surface area contributed by atoms with Crippen molar-refractivity contribution in [2.75, 3.05) is 0 Å². The summed E-state index contributed by atoms with van der Waals surface area (Å²) in [6, 6.07) is 1.50. The summed E-state index contributed by atoms with van der Waals surface area (Å²) in [6.07, 6.45) is 2.72. The van der Waals surface area contributed by atoms with Gasteiger partial charge in [-0.1, -0.05) is 31.9 Å². The van der Waals surface area contributed by atoms with Gasteiger partial charge in [0.1, 0.15) is 0 Å². The second kappa shape index (κ2) is 6.02. The molecule has 0 unspecified atom stereocenters. The molecule has 0 aliphatic heterocycles. The molecule has 0 amide bonds. The van der Waals surface area contributed by atoms with E-state index in [-0.39, 0.29) is 28.0 Å². The fourth-order valence-electron chi connectivity index (χ4n) is 1.79. The van der Waals surface area contributed by atoms with E-state index in [1.54, 1.807) is 6.92 Å². The summed E-state index contributed by atoms with van der Waals surface area (Å²) in [4.78, 5) is 0. The maximum absolute atomic E-state index is 11.4. The van der Waals surface area contributed by atoms with Crippen LogP contribution < -0.4 is 10.2 Å². The van der Waals surface area contributed by atoms with Crippen LogP contribution in [0.5, 0.6) is 11.5 Å². The van der Waals surface area contributed by atoms with Gasteiger partial charge in [0.25, 0.3) is 0 Å². The molecule has 0 aliphatic carbocycles. The minimum absolute atomic E-state index is 0. The standard InChI is InChI=1S/C12H18O2.Ni/c1-4-6-10-8(3)12(14)11(13)7-9(10)5-2;/h7,13-14H,4-6H2,1-3H3;/q;+2/p-2. The number of aryl methyl sites for hydroxylation is 1. The number of benzene rings is 1.